The molecule has 3 aromatic rings. The number of amides is 1. The largest absolute Gasteiger partial charge is 0.493 e. The predicted molar refractivity (Wildman–Crippen MR) is 125 cm³/mol. The normalized spacial score (nSPS) is 11.0. The van der Waals surface area contributed by atoms with Gasteiger partial charge in [0.25, 0.3) is 5.91 Å². The molecule has 1 heterocycles. The molecule has 0 aliphatic carbocycles. The fourth-order valence-electron chi connectivity index (χ4n) is 2.80. The van der Waals surface area contributed by atoms with Crippen LogP contribution in [-0.4, -0.2) is 31.7 Å². The molecule has 1 aromatic heterocycles. The zero-order valence-electron chi connectivity index (χ0n) is 18.0. The van der Waals surface area contributed by atoms with Gasteiger partial charge in [-0.25, -0.2) is 4.98 Å². The summed E-state index contributed by atoms with van der Waals surface area (Å²) in [6.45, 7) is 4.73. The van der Waals surface area contributed by atoms with Crippen LogP contribution in [0.4, 0.5) is 5.13 Å². The van der Waals surface area contributed by atoms with Crippen LogP contribution >= 0.6 is 11.3 Å². The third-order valence-corrected chi connectivity index (χ3v) is 4.99. The first kappa shape index (κ1) is 22.4. The summed E-state index contributed by atoms with van der Waals surface area (Å²) in [5.74, 6) is 2.11. The minimum Gasteiger partial charge on any atom is -0.493 e. The van der Waals surface area contributed by atoms with E-state index in [1.165, 1.54) is 11.3 Å². The van der Waals surface area contributed by atoms with Crippen molar-refractivity contribution in [2.45, 2.75) is 13.8 Å². The van der Waals surface area contributed by atoms with Gasteiger partial charge in [-0.1, -0.05) is 32.1 Å². The number of carbonyl (C=O) groups excluding carboxylic acids is 1. The van der Waals surface area contributed by atoms with E-state index in [2.05, 4.69) is 24.1 Å². The Labute approximate surface area is 186 Å². The molecule has 31 heavy (non-hydrogen) atoms. The van der Waals surface area contributed by atoms with Crippen molar-refractivity contribution in [2.75, 3.05) is 26.1 Å². The summed E-state index contributed by atoms with van der Waals surface area (Å²) in [4.78, 5) is 16.8. The minimum atomic E-state index is -0.231. The second-order valence-corrected chi connectivity index (χ2v) is 8.13. The maximum Gasteiger partial charge on any atom is 0.257 e. The standard InChI is InChI=1S/C24H26N2O4S/c1-16(2)15-30-20-12-18(6-5-17-7-8-21(28-3)22(13-17)29-4)11-19(14-20)23(27)26-24-25-9-10-31-24/h5-14,16H,15H2,1-4H3,(H,25,26,27). The number of aromatic nitrogens is 1. The lowest BCUT2D eigenvalue weighted by molar-refractivity contribution is 0.102. The number of thiazole rings is 1. The van der Waals surface area contributed by atoms with Crippen molar-refractivity contribution < 1.29 is 19.0 Å². The van der Waals surface area contributed by atoms with Gasteiger partial charge in [0.1, 0.15) is 5.75 Å². The first-order valence-corrected chi connectivity index (χ1v) is 10.8. The zero-order valence-corrected chi connectivity index (χ0v) is 18.9. The molecule has 7 heteroatoms. The molecule has 0 radical (unpaired) electrons. The summed E-state index contributed by atoms with van der Waals surface area (Å²) in [7, 11) is 3.21. The smallest absolute Gasteiger partial charge is 0.257 e. The number of rotatable bonds is 9. The number of anilines is 1. The molecular formula is C24H26N2O4S. The molecule has 1 N–H and O–H groups in total. The average molecular weight is 439 g/mol. The van der Waals surface area contributed by atoms with E-state index in [0.717, 1.165) is 11.1 Å². The monoisotopic (exact) mass is 438 g/mol. The minimum absolute atomic E-state index is 0.231. The predicted octanol–water partition coefficient (Wildman–Crippen LogP) is 5.62. The van der Waals surface area contributed by atoms with Crippen molar-refractivity contribution in [2.24, 2.45) is 5.92 Å². The SMILES string of the molecule is COc1ccc(C=Cc2cc(OCC(C)C)cc(C(=O)Nc3nccs3)c2)cc1OC. The van der Waals surface area contributed by atoms with Crippen LogP contribution < -0.4 is 19.5 Å². The molecule has 1 amide bonds. The molecule has 0 fully saturated rings. The lowest BCUT2D eigenvalue weighted by Gasteiger charge is -2.11. The fourth-order valence-corrected chi connectivity index (χ4v) is 3.32. The first-order chi connectivity index (χ1) is 15.0. The van der Waals surface area contributed by atoms with Crippen molar-refractivity contribution in [1.82, 2.24) is 4.98 Å². The van der Waals surface area contributed by atoms with Gasteiger partial charge in [0, 0.05) is 17.1 Å². The van der Waals surface area contributed by atoms with Crippen LogP contribution in [0.3, 0.4) is 0 Å². The third kappa shape index (κ3) is 6.33. The molecule has 162 valence electrons. The summed E-state index contributed by atoms with van der Waals surface area (Å²) in [5, 5.41) is 5.19. The Balaban J connectivity index is 1.87. The van der Waals surface area contributed by atoms with E-state index in [4.69, 9.17) is 14.2 Å². The van der Waals surface area contributed by atoms with Gasteiger partial charge < -0.3 is 14.2 Å². The van der Waals surface area contributed by atoms with Gasteiger partial charge in [0.15, 0.2) is 16.6 Å². The highest BCUT2D eigenvalue weighted by Crippen LogP contribution is 2.28. The molecule has 0 aliphatic rings. The molecule has 2 aromatic carbocycles. The molecule has 3 rings (SSSR count). The molecule has 0 spiro atoms. The van der Waals surface area contributed by atoms with Crippen LogP contribution in [-0.2, 0) is 0 Å². The van der Waals surface area contributed by atoms with Gasteiger partial charge in [0.05, 0.1) is 20.8 Å². The van der Waals surface area contributed by atoms with E-state index in [1.54, 1.807) is 26.5 Å². The van der Waals surface area contributed by atoms with Crippen LogP contribution in [0.1, 0.15) is 35.3 Å². The molecule has 0 unspecified atom stereocenters. The molecule has 0 bridgehead atoms. The summed E-state index contributed by atoms with van der Waals surface area (Å²) >= 11 is 1.37. The van der Waals surface area contributed by atoms with Gasteiger partial charge in [-0.15, -0.1) is 11.3 Å². The Morgan fingerprint density at radius 3 is 2.52 bits per heavy atom. The highest BCUT2D eigenvalue weighted by atomic mass is 32.1. The topological polar surface area (TPSA) is 69.7 Å². The molecular weight excluding hydrogens is 412 g/mol. The molecule has 0 saturated carbocycles. The average Bonchev–Trinajstić information content (AvgIpc) is 3.29. The number of carbonyl (C=O) groups is 1. The second kappa shape index (κ2) is 10.6. The summed E-state index contributed by atoms with van der Waals surface area (Å²) < 4.78 is 16.5. The molecule has 0 atom stereocenters. The lowest BCUT2D eigenvalue weighted by Crippen LogP contribution is -2.12. The Bertz CT molecular complexity index is 1050. The zero-order chi connectivity index (χ0) is 22.2. The van der Waals surface area contributed by atoms with Crippen molar-refractivity contribution in [1.29, 1.82) is 0 Å². The number of benzene rings is 2. The summed E-state index contributed by atoms with van der Waals surface area (Å²) in [6, 6.07) is 11.2. The van der Waals surface area contributed by atoms with Crippen molar-refractivity contribution in [3.63, 3.8) is 0 Å². The highest BCUT2D eigenvalue weighted by Gasteiger charge is 2.11. The fraction of sp³-hybridized carbons (Fsp3) is 0.250. The number of nitrogens with zero attached hydrogens (tertiary/aromatic N) is 1. The quantitative estimate of drug-likeness (QED) is 0.439. The van der Waals surface area contributed by atoms with Crippen LogP contribution in [0.25, 0.3) is 12.2 Å². The Kier molecular flexibility index (Phi) is 7.67. The van der Waals surface area contributed by atoms with Crippen LogP contribution in [0.15, 0.2) is 48.0 Å². The van der Waals surface area contributed by atoms with E-state index in [9.17, 15) is 4.79 Å². The number of methoxy groups -OCH3 is 2. The molecule has 6 nitrogen and oxygen atoms in total. The van der Waals surface area contributed by atoms with Crippen molar-refractivity contribution >= 4 is 34.5 Å². The van der Waals surface area contributed by atoms with E-state index >= 15 is 0 Å². The number of hydrogen-bond acceptors (Lipinski definition) is 6. The second-order valence-electron chi connectivity index (χ2n) is 7.23. The summed E-state index contributed by atoms with van der Waals surface area (Å²) in [5.41, 5.74) is 2.30. The van der Waals surface area contributed by atoms with Crippen LogP contribution in [0.5, 0.6) is 17.2 Å². The number of hydrogen-bond donors (Lipinski definition) is 1. The van der Waals surface area contributed by atoms with Gasteiger partial charge in [-0.3, -0.25) is 10.1 Å². The van der Waals surface area contributed by atoms with Gasteiger partial charge in [-0.05, 0) is 47.4 Å². The van der Waals surface area contributed by atoms with Gasteiger partial charge in [0.2, 0.25) is 0 Å². The number of nitrogens with one attached hydrogen (secondary N) is 1. The summed E-state index contributed by atoms with van der Waals surface area (Å²) in [6.07, 6.45) is 5.54. The lowest BCUT2D eigenvalue weighted by atomic mass is 10.1. The van der Waals surface area contributed by atoms with E-state index in [0.29, 0.717) is 40.5 Å². The van der Waals surface area contributed by atoms with Gasteiger partial charge >= 0.3 is 0 Å². The van der Waals surface area contributed by atoms with Crippen molar-refractivity contribution in [3.05, 3.63) is 64.7 Å². The van der Waals surface area contributed by atoms with Crippen molar-refractivity contribution in [3.8, 4) is 17.2 Å². The number of ether oxygens (including phenoxy) is 3. The first-order valence-electron chi connectivity index (χ1n) is 9.87. The highest BCUT2D eigenvalue weighted by molar-refractivity contribution is 7.13. The third-order valence-electron chi connectivity index (χ3n) is 4.30. The molecule has 0 aliphatic heterocycles. The Hall–Kier alpha value is -3.32. The Morgan fingerprint density at radius 1 is 1.06 bits per heavy atom. The van der Waals surface area contributed by atoms with Gasteiger partial charge in [-0.2, -0.15) is 0 Å². The van der Waals surface area contributed by atoms with E-state index < -0.39 is 0 Å². The van der Waals surface area contributed by atoms with Crippen LogP contribution in [0.2, 0.25) is 0 Å². The molecule has 0 saturated heterocycles. The van der Waals surface area contributed by atoms with E-state index in [1.807, 2.05) is 47.9 Å². The maximum absolute atomic E-state index is 12.7. The van der Waals surface area contributed by atoms with Crippen LogP contribution in [0, 0.1) is 5.92 Å². The van der Waals surface area contributed by atoms with E-state index in [-0.39, 0.29) is 5.91 Å². The maximum atomic E-state index is 12.7. The Morgan fingerprint density at radius 2 is 1.84 bits per heavy atom.